The van der Waals surface area contributed by atoms with Gasteiger partial charge in [-0.1, -0.05) is 48.5 Å². The SMILES string of the molecule is O=[N+]([O-])c1cccc(S(=O)(=O)N2CCCN(c3nc4ccccc4nc3-c3ccccc3)CC2)c1. The van der Waals surface area contributed by atoms with Gasteiger partial charge >= 0.3 is 0 Å². The third kappa shape index (κ3) is 4.58. The summed E-state index contributed by atoms with van der Waals surface area (Å²) in [7, 11) is -3.88. The van der Waals surface area contributed by atoms with Crippen LogP contribution in [-0.4, -0.2) is 53.8 Å². The van der Waals surface area contributed by atoms with E-state index in [1.54, 1.807) is 0 Å². The van der Waals surface area contributed by atoms with Crippen LogP contribution in [0.3, 0.4) is 0 Å². The molecule has 3 aromatic carbocycles. The molecule has 178 valence electrons. The molecular formula is C25H23N5O4S. The van der Waals surface area contributed by atoms with E-state index in [0.29, 0.717) is 31.9 Å². The van der Waals surface area contributed by atoms with E-state index in [1.165, 1.54) is 22.5 Å². The van der Waals surface area contributed by atoms with Crippen LogP contribution in [0, 0.1) is 10.1 Å². The molecule has 0 bridgehead atoms. The van der Waals surface area contributed by atoms with Crippen LogP contribution in [0.5, 0.6) is 0 Å². The average molecular weight is 490 g/mol. The molecule has 9 nitrogen and oxygen atoms in total. The average Bonchev–Trinajstić information content (AvgIpc) is 3.15. The van der Waals surface area contributed by atoms with E-state index in [2.05, 4.69) is 4.90 Å². The number of nitro groups is 1. The molecule has 0 atom stereocenters. The van der Waals surface area contributed by atoms with Gasteiger partial charge in [-0.05, 0) is 24.6 Å². The molecule has 0 radical (unpaired) electrons. The van der Waals surface area contributed by atoms with Crippen molar-refractivity contribution in [2.24, 2.45) is 0 Å². The van der Waals surface area contributed by atoms with E-state index in [4.69, 9.17) is 9.97 Å². The summed E-state index contributed by atoms with van der Waals surface area (Å²) in [5.41, 5.74) is 3.00. The Hall–Kier alpha value is -3.89. The zero-order valence-electron chi connectivity index (χ0n) is 18.8. The summed E-state index contributed by atoms with van der Waals surface area (Å²) < 4.78 is 27.9. The van der Waals surface area contributed by atoms with Gasteiger partial charge in [0.1, 0.15) is 5.69 Å². The van der Waals surface area contributed by atoms with Crippen LogP contribution in [0.15, 0.2) is 83.8 Å². The first-order valence-corrected chi connectivity index (χ1v) is 12.7. The lowest BCUT2D eigenvalue weighted by atomic mass is 10.1. The lowest BCUT2D eigenvalue weighted by Crippen LogP contribution is -2.35. The minimum atomic E-state index is -3.88. The molecule has 4 aromatic rings. The van der Waals surface area contributed by atoms with Gasteiger partial charge in [0, 0.05) is 43.9 Å². The molecule has 0 unspecified atom stereocenters. The summed E-state index contributed by atoms with van der Waals surface area (Å²) in [6.07, 6.45) is 0.580. The molecule has 1 fully saturated rings. The van der Waals surface area contributed by atoms with Crippen molar-refractivity contribution >= 4 is 32.6 Å². The topological polar surface area (TPSA) is 110 Å². The van der Waals surface area contributed by atoms with E-state index < -0.39 is 14.9 Å². The molecule has 1 aromatic heterocycles. The second-order valence-electron chi connectivity index (χ2n) is 8.25. The van der Waals surface area contributed by atoms with Gasteiger partial charge in [-0.15, -0.1) is 0 Å². The Morgan fingerprint density at radius 1 is 0.800 bits per heavy atom. The molecule has 10 heteroatoms. The molecule has 0 N–H and O–H groups in total. The minimum Gasteiger partial charge on any atom is -0.353 e. The summed E-state index contributed by atoms with van der Waals surface area (Å²) in [6.45, 7) is 1.56. The number of sulfonamides is 1. The van der Waals surface area contributed by atoms with Crippen LogP contribution in [0.25, 0.3) is 22.3 Å². The second kappa shape index (κ2) is 9.40. The Bertz CT molecular complexity index is 1490. The van der Waals surface area contributed by atoms with Gasteiger partial charge in [-0.2, -0.15) is 4.31 Å². The fraction of sp³-hybridized carbons (Fsp3) is 0.200. The van der Waals surface area contributed by atoms with Crippen molar-refractivity contribution in [3.05, 3.63) is 89.0 Å². The zero-order valence-corrected chi connectivity index (χ0v) is 19.6. The standard InChI is InChI=1S/C25H23N5O4S/c31-30(32)20-10-6-11-21(18-20)35(33,34)29-15-7-14-28(16-17-29)25-24(19-8-2-1-3-9-19)26-22-12-4-5-13-23(22)27-25/h1-6,8-13,18H,7,14-17H2. The Balaban J connectivity index is 1.47. The van der Waals surface area contributed by atoms with E-state index in [1.807, 2.05) is 54.6 Å². The first-order valence-electron chi connectivity index (χ1n) is 11.3. The lowest BCUT2D eigenvalue weighted by molar-refractivity contribution is -0.385. The van der Waals surface area contributed by atoms with Crippen molar-refractivity contribution in [2.45, 2.75) is 11.3 Å². The zero-order chi connectivity index (χ0) is 24.4. The van der Waals surface area contributed by atoms with Gasteiger partial charge in [0.2, 0.25) is 10.0 Å². The predicted octanol–water partition coefficient (Wildman–Crippen LogP) is 4.11. The monoisotopic (exact) mass is 489 g/mol. The molecule has 1 aliphatic rings. The number of non-ortho nitro benzene ring substituents is 1. The van der Waals surface area contributed by atoms with Crippen LogP contribution in [0.2, 0.25) is 0 Å². The number of nitrogens with zero attached hydrogens (tertiary/aromatic N) is 5. The third-order valence-electron chi connectivity index (χ3n) is 6.02. The first-order chi connectivity index (χ1) is 16.9. The Morgan fingerprint density at radius 2 is 1.51 bits per heavy atom. The summed E-state index contributed by atoms with van der Waals surface area (Å²) in [5.74, 6) is 0.712. The van der Waals surface area contributed by atoms with Gasteiger partial charge in [-0.3, -0.25) is 10.1 Å². The van der Waals surface area contributed by atoms with Crippen LogP contribution < -0.4 is 4.90 Å². The van der Waals surface area contributed by atoms with Crippen molar-refractivity contribution in [3.8, 4) is 11.3 Å². The summed E-state index contributed by atoms with van der Waals surface area (Å²) in [6, 6.07) is 22.7. The third-order valence-corrected chi connectivity index (χ3v) is 7.91. The normalized spacial score (nSPS) is 15.1. The maximum absolute atomic E-state index is 13.3. The van der Waals surface area contributed by atoms with Crippen molar-refractivity contribution < 1.29 is 13.3 Å². The Morgan fingerprint density at radius 3 is 2.26 bits per heavy atom. The van der Waals surface area contributed by atoms with Gasteiger partial charge in [-0.25, -0.2) is 18.4 Å². The highest BCUT2D eigenvalue weighted by atomic mass is 32.2. The first kappa shape index (κ1) is 22.9. The largest absolute Gasteiger partial charge is 0.353 e. The van der Waals surface area contributed by atoms with Gasteiger partial charge < -0.3 is 4.90 Å². The number of rotatable bonds is 5. The lowest BCUT2D eigenvalue weighted by Gasteiger charge is -2.24. The van der Waals surface area contributed by atoms with Crippen molar-refractivity contribution in [1.82, 2.24) is 14.3 Å². The molecule has 1 saturated heterocycles. The number of para-hydroxylation sites is 2. The number of fused-ring (bicyclic) bond motifs is 1. The Labute approximate surface area is 202 Å². The maximum atomic E-state index is 13.3. The number of benzene rings is 3. The predicted molar refractivity (Wildman–Crippen MR) is 134 cm³/mol. The maximum Gasteiger partial charge on any atom is 0.270 e. The summed E-state index contributed by atoms with van der Waals surface area (Å²) in [5, 5.41) is 11.1. The van der Waals surface area contributed by atoms with Crippen LogP contribution in [0.4, 0.5) is 11.5 Å². The van der Waals surface area contributed by atoms with Crippen molar-refractivity contribution in [3.63, 3.8) is 0 Å². The number of anilines is 1. The molecule has 0 spiro atoms. The van der Waals surface area contributed by atoms with Crippen molar-refractivity contribution in [1.29, 1.82) is 0 Å². The van der Waals surface area contributed by atoms with Crippen LogP contribution in [-0.2, 0) is 10.0 Å². The number of aromatic nitrogens is 2. The molecule has 35 heavy (non-hydrogen) atoms. The molecule has 5 rings (SSSR count). The molecular weight excluding hydrogens is 466 g/mol. The minimum absolute atomic E-state index is 0.0735. The van der Waals surface area contributed by atoms with Gasteiger partial charge in [0.25, 0.3) is 5.69 Å². The number of nitro benzene ring substituents is 1. The summed E-state index contributed by atoms with van der Waals surface area (Å²) in [4.78, 5) is 22.3. The molecule has 0 amide bonds. The van der Waals surface area contributed by atoms with E-state index in [0.717, 1.165) is 28.4 Å². The highest BCUT2D eigenvalue weighted by molar-refractivity contribution is 7.89. The number of hydrogen-bond donors (Lipinski definition) is 0. The fourth-order valence-corrected chi connectivity index (χ4v) is 5.76. The molecule has 0 saturated carbocycles. The van der Waals surface area contributed by atoms with Crippen molar-refractivity contribution in [2.75, 3.05) is 31.1 Å². The highest BCUT2D eigenvalue weighted by Crippen LogP contribution is 2.31. The van der Waals surface area contributed by atoms with Gasteiger partial charge in [0.15, 0.2) is 5.82 Å². The van der Waals surface area contributed by atoms with Crippen LogP contribution in [0.1, 0.15) is 6.42 Å². The quantitative estimate of drug-likeness (QED) is 0.307. The van der Waals surface area contributed by atoms with E-state index in [-0.39, 0.29) is 17.1 Å². The van der Waals surface area contributed by atoms with Gasteiger partial charge in [0.05, 0.1) is 20.9 Å². The Kier molecular flexibility index (Phi) is 6.14. The fourth-order valence-electron chi connectivity index (χ4n) is 4.25. The molecule has 0 aliphatic carbocycles. The highest BCUT2D eigenvalue weighted by Gasteiger charge is 2.29. The second-order valence-corrected chi connectivity index (χ2v) is 10.2. The smallest absolute Gasteiger partial charge is 0.270 e. The molecule has 2 heterocycles. The molecule has 1 aliphatic heterocycles. The van der Waals surface area contributed by atoms with E-state index in [9.17, 15) is 18.5 Å². The summed E-state index contributed by atoms with van der Waals surface area (Å²) >= 11 is 0. The van der Waals surface area contributed by atoms with E-state index >= 15 is 0 Å². The van der Waals surface area contributed by atoms with Crippen LogP contribution >= 0.6 is 0 Å². The number of hydrogen-bond acceptors (Lipinski definition) is 7.